The summed E-state index contributed by atoms with van der Waals surface area (Å²) in [6.07, 6.45) is 3.03. The Labute approximate surface area is 94.4 Å². The minimum absolute atomic E-state index is 0.0902. The number of carbonyl (C=O) groups is 1. The van der Waals surface area contributed by atoms with Gasteiger partial charge < -0.3 is 15.6 Å². The highest BCUT2D eigenvalue weighted by atomic mass is 16.1. The summed E-state index contributed by atoms with van der Waals surface area (Å²) in [4.78, 5) is 20.5. The Morgan fingerprint density at radius 2 is 2.31 bits per heavy atom. The fourth-order valence-corrected chi connectivity index (χ4v) is 1.74. The first-order chi connectivity index (χ1) is 7.86. The topological polar surface area (TPSA) is 73.1 Å². The Morgan fingerprint density at radius 1 is 1.50 bits per heavy atom. The predicted octanol–water partition coefficient (Wildman–Crippen LogP) is -0.955. The van der Waals surface area contributed by atoms with Gasteiger partial charge >= 0.3 is 0 Å². The molecule has 0 atom stereocenters. The molecule has 0 unspecified atom stereocenters. The van der Waals surface area contributed by atoms with Gasteiger partial charge in [-0.3, -0.25) is 9.69 Å². The van der Waals surface area contributed by atoms with E-state index in [-0.39, 0.29) is 5.91 Å². The van der Waals surface area contributed by atoms with E-state index >= 15 is 0 Å². The lowest BCUT2D eigenvalue weighted by Gasteiger charge is -2.26. The standard InChI is InChI=1S/C10H17N5O/c16-10(9-7-12-8-14-9)13-3-6-15-4-1-11-2-5-15/h7-8,11H,1-6H2,(H,12,14)(H,13,16). The first-order valence-electron chi connectivity index (χ1n) is 5.56. The number of nitrogens with zero attached hydrogens (tertiary/aromatic N) is 2. The van der Waals surface area contributed by atoms with E-state index in [2.05, 4.69) is 25.5 Å². The average molecular weight is 223 g/mol. The second kappa shape index (κ2) is 5.62. The van der Waals surface area contributed by atoms with Gasteiger partial charge in [0.1, 0.15) is 5.69 Å². The maximum atomic E-state index is 11.5. The van der Waals surface area contributed by atoms with Crippen LogP contribution in [0.3, 0.4) is 0 Å². The van der Waals surface area contributed by atoms with Crippen molar-refractivity contribution in [2.24, 2.45) is 0 Å². The molecule has 1 aliphatic heterocycles. The van der Waals surface area contributed by atoms with Crippen molar-refractivity contribution in [3.05, 3.63) is 18.2 Å². The zero-order valence-electron chi connectivity index (χ0n) is 9.20. The molecule has 1 amide bonds. The minimum atomic E-state index is -0.0902. The Hall–Kier alpha value is -1.40. The zero-order valence-corrected chi connectivity index (χ0v) is 9.20. The molecule has 1 saturated heterocycles. The number of hydrogen-bond acceptors (Lipinski definition) is 4. The van der Waals surface area contributed by atoms with Crippen molar-refractivity contribution in [2.45, 2.75) is 0 Å². The fraction of sp³-hybridized carbons (Fsp3) is 0.600. The van der Waals surface area contributed by atoms with E-state index in [1.807, 2.05) is 0 Å². The number of H-pyrrole nitrogens is 1. The summed E-state index contributed by atoms with van der Waals surface area (Å²) in [6, 6.07) is 0. The molecule has 1 aromatic heterocycles. The van der Waals surface area contributed by atoms with Gasteiger partial charge in [0.25, 0.3) is 5.91 Å². The molecule has 0 aliphatic carbocycles. The van der Waals surface area contributed by atoms with Crippen LogP contribution in [0.5, 0.6) is 0 Å². The van der Waals surface area contributed by atoms with E-state index in [1.165, 1.54) is 12.5 Å². The lowest BCUT2D eigenvalue weighted by Crippen LogP contribution is -2.46. The van der Waals surface area contributed by atoms with Crippen LogP contribution in [0.1, 0.15) is 10.5 Å². The Balaban J connectivity index is 1.66. The van der Waals surface area contributed by atoms with E-state index in [9.17, 15) is 4.79 Å². The van der Waals surface area contributed by atoms with Gasteiger partial charge in [-0.05, 0) is 0 Å². The first kappa shape index (κ1) is 11.1. The van der Waals surface area contributed by atoms with Gasteiger partial charge in [0.2, 0.25) is 0 Å². The molecule has 0 saturated carbocycles. The van der Waals surface area contributed by atoms with E-state index in [1.54, 1.807) is 0 Å². The van der Waals surface area contributed by atoms with E-state index in [4.69, 9.17) is 0 Å². The summed E-state index contributed by atoms with van der Waals surface area (Å²) >= 11 is 0. The van der Waals surface area contributed by atoms with Crippen molar-refractivity contribution >= 4 is 5.91 Å². The van der Waals surface area contributed by atoms with Crippen LogP contribution in [-0.2, 0) is 0 Å². The molecule has 0 spiro atoms. The molecule has 0 aromatic carbocycles. The Morgan fingerprint density at radius 3 is 3.00 bits per heavy atom. The maximum absolute atomic E-state index is 11.5. The van der Waals surface area contributed by atoms with Gasteiger partial charge in [-0.15, -0.1) is 0 Å². The summed E-state index contributed by atoms with van der Waals surface area (Å²) in [5.41, 5.74) is 0.514. The van der Waals surface area contributed by atoms with Crippen LogP contribution in [0, 0.1) is 0 Å². The van der Waals surface area contributed by atoms with Crippen LogP contribution >= 0.6 is 0 Å². The third kappa shape index (κ3) is 3.04. The van der Waals surface area contributed by atoms with Crippen LogP contribution in [0.25, 0.3) is 0 Å². The molecule has 0 bridgehead atoms. The molecule has 1 aliphatic rings. The molecule has 88 valence electrons. The number of imidazole rings is 1. The molecule has 6 nitrogen and oxygen atoms in total. The van der Waals surface area contributed by atoms with Gasteiger partial charge in [-0.25, -0.2) is 4.98 Å². The van der Waals surface area contributed by atoms with Gasteiger partial charge in [0.15, 0.2) is 0 Å². The number of hydrogen-bond donors (Lipinski definition) is 3. The van der Waals surface area contributed by atoms with Crippen LogP contribution in [0.4, 0.5) is 0 Å². The average Bonchev–Trinajstić information content (AvgIpc) is 2.84. The summed E-state index contributed by atoms with van der Waals surface area (Å²) in [5.74, 6) is -0.0902. The monoisotopic (exact) mass is 223 g/mol. The number of piperazine rings is 1. The normalized spacial score (nSPS) is 17.2. The van der Waals surface area contributed by atoms with Crippen molar-refractivity contribution in [1.29, 1.82) is 0 Å². The lowest BCUT2D eigenvalue weighted by atomic mass is 10.3. The molecule has 1 fully saturated rings. The van der Waals surface area contributed by atoms with E-state index < -0.39 is 0 Å². The van der Waals surface area contributed by atoms with Gasteiger partial charge in [-0.1, -0.05) is 0 Å². The quantitative estimate of drug-likeness (QED) is 0.615. The van der Waals surface area contributed by atoms with Crippen LogP contribution in [0.2, 0.25) is 0 Å². The predicted molar refractivity (Wildman–Crippen MR) is 60.2 cm³/mol. The largest absolute Gasteiger partial charge is 0.349 e. The van der Waals surface area contributed by atoms with Crippen molar-refractivity contribution in [1.82, 2.24) is 25.5 Å². The second-order valence-electron chi connectivity index (χ2n) is 3.81. The van der Waals surface area contributed by atoms with Crippen molar-refractivity contribution in [3.63, 3.8) is 0 Å². The third-order valence-corrected chi connectivity index (χ3v) is 2.67. The highest BCUT2D eigenvalue weighted by Crippen LogP contribution is 1.92. The number of rotatable bonds is 4. The smallest absolute Gasteiger partial charge is 0.269 e. The molecule has 6 heteroatoms. The SMILES string of the molecule is O=C(NCCN1CCNCC1)c1cnc[nH]1. The van der Waals surface area contributed by atoms with Gasteiger partial charge in [0, 0.05) is 39.3 Å². The highest BCUT2D eigenvalue weighted by molar-refractivity contribution is 5.91. The van der Waals surface area contributed by atoms with Gasteiger partial charge in [-0.2, -0.15) is 0 Å². The Kier molecular flexibility index (Phi) is 3.90. The van der Waals surface area contributed by atoms with Crippen LogP contribution in [0.15, 0.2) is 12.5 Å². The zero-order chi connectivity index (χ0) is 11.2. The maximum Gasteiger partial charge on any atom is 0.269 e. The summed E-state index contributed by atoms with van der Waals surface area (Å²) in [5, 5.41) is 6.15. The summed E-state index contributed by atoms with van der Waals surface area (Å²) < 4.78 is 0. The second-order valence-corrected chi connectivity index (χ2v) is 3.81. The molecular formula is C10H17N5O. The number of carbonyl (C=O) groups excluding carboxylic acids is 1. The number of nitrogens with one attached hydrogen (secondary N) is 3. The molecule has 16 heavy (non-hydrogen) atoms. The number of aromatic nitrogens is 2. The van der Waals surface area contributed by atoms with Crippen LogP contribution < -0.4 is 10.6 Å². The molecule has 0 radical (unpaired) electrons. The molecule has 2 heterocycles. The molecule has 1 aromatic rings. The fourth-order valence-electron chi connectivity index (χ4n) is 1.74. The minimum Gasteiger partial charge on any atom is -0.349 e. The first-order valence-corrected chi connectivity index (χ1v) is 5.56. The molecule has 2 rings (SSSR count). The van der Waals surface area contributed by atoms with E-state index in [0.29, 0.717) is 12.2 Å². The van der Waals surface area contributed by atoms with Crippen molar-refractivity contribution in [3.8, 4) is 0 Å². The van der Waals surface area contributed by atoms with Crippen LogP contribution in [-0.4, -0.2) is 60.0 Å². The summed E-state index contributed by atoms with van der Waals surface area (Å²) in [7, 11) is 0. The van der Waals surface area contributed by atoms with Gasteiger partial charge in [0.05, 0.1) is 12.5 Å². The number of amides is 1. The third-order valence-electron chi connectivity index (χ3n) is 2.67. The summed E-state index contributed by atoms with van der Waals surface area (Å²) in [6.45, 7) is 5.77. The Bertz CT molecular complexity index is 318. The van der Waals surface area contributed by atoms with Crippen molar-refractivity contribution in [2.75, 3.05) is 39.3 Å². The van der Waals surface area contributed by atoms with E-state index in [0.717, 1.165) is 32.7 Å². The molecular weight excluding hydrogens is 206 g/mol. The lowest BCUT2D eigenvalue weighted by molar-refractivity contribution is 0.0943. The number of aromatic amines is 1. The van der Waals surface area contributed by atoms with Crippen molar-refractivity contribution < 1.29 is 4.79 Å². The highest BCUT2D eigenvalue weighted by Gasteiger charge is 2.10. The molecule has 3 N–H and O–H groups in total.